The summed E-state index contributed by atoms with van der Waals surface area (Å²) in [5.74, 6) is 1.91. The quantitative estimate of drug-likeness (QED) is 0.169. The van der Waals surface area contributed by atoms with Gasteiger partial charge in [-0.05, 0) is 86.6 Å². The summed E-state index contributed by atoms with van der Waals surface area (Å²) in [5.41, 5.74) is 13.1. The molecule has 1 aliphatic carbocycles. The number of hydrogen-bond donors (Lipinski definition) is 0. The van der Waals surface area contributed by atoms with E-state index in [-0.39, 0.29) is 0 Å². The predicted molar refractivity (Wildman–Crippen MR) is 245 cm³/mol. The Balaban J connectivity index is 1.20. The van der Waals surface area contributed by atoms with E-state index in [4.69, 9.17) is 15.0 Å². The molecule has 2 aromatic heterocycles. The van der Waals surface area contributed by atoms with Crippen molar-refractivity contribution in [2.45, 2.75) is 5.41 Å². The Morgan fingerprint density at radius 1 is 0.350 bits per heavy atom. The van der Waals surface area contributed by atoms with Crippen molar-refractivity contribution in [2.75, 3.05) is 0 Å². The van der Waals surface area contributed by atoms with Gasteiger partial charge < -0.3 is 4.57 Å². The lowest BCUT2D eigenvalue weighted by atomic mass is 9.67. The molecule has 280 valence electrons. The number of para-hydroxylation sites is 1. The molecule has 60 heavy (non-hydrogen) atoms. The minimum Gasteiger partial charge on any atom is -0.309 e. The van der Waals surface area contributed by atoms with Crippen LogP contribution in [0, 0.1) is 0 Å². The zero-order valence-corrected chi connectivity index (χ0v) is 32.6. The maximum absolute atomic E-state index is 5.26. The molecule has 0 amide bonds. The fraction of sp³-hybridized carbons (Fsp3) is 0.0179. The number of rotatable bonds is 6. The molecule has 11 aromatic rings. The average molecular weight is 765 g/mol. The maximum atomic E-state index is 5.26. The van der Waals surface area contributed by atoms with Gasteiger partial charge in [0.1, 0.15) is 0 Å². The first-order valence-corrected chi connectivity index (χ1v) is 20.4. The van der Waals surface area contributed by atoms with Crippen LogP contribution in [0.4, 0.5) is 0 Å². The Morgan fingerprint density at radius 2 is 0.917 bits per heavy atom. The van der Waals surface area contributed by atoms with E-state index in [0.29, 0.717) is 17.5 Å². The van der Waals surface area contributed by atoms with E-state index in [1.165, 1.54) is 44.2 Å². The first-order chi connectivity index (χ1) is 29.8. The number of hydrogen-bond acceptors (Lipinski definition) is 3. The van der Waals surface area contributed by atoms with E-state index < -0.39 is 5.41 Å². The van der Waals surface area contributed by atoms with E-state index in [1.54, 1.807) is 0 Å². The normalized spacial score (nSPS) is 14.4. The van der Waals surface area contributed by atoms with Gasteiger partial charge in [-0.3, -0.25) is 0 Å². The molecule has 1 atom stereocenters. The van der Waals surface area contributed by atoms with Crippen molar-refractivity contribution in [3.8, 4) is 51.0 Å². The molecule has 0 spiro atoms. The summed E-state index contributed by atoms with van der Waals surface area (Å²) < 4.78 is 2.38. The van der Waals surface area contributed by atoms with Gasteiger partial charge in [0.05, 0.1) is 16.4 Å². The van der Waals surface area contributed by atoms with Crippen LogP contribution < -0.4 is 0 Å². The highest BCUT2D eigenvalue weighted by Gasteiger charge is 2.46. The number of benzene rings is 9. The van der Waals surface area contributed by atoms with Gasteiger partial charge in [-0.25, -0.2) is 15.0 Å². The first kappa shape index (κ1) is 34.1. The van der Waals surface area contributed by atoms with Crippen molar-refractivity contribution in [1.29, 1.82) is 0 Å². The fourth-order valence-electron chi connectivity index (χ4n) is 9.71. The molecule has 0 saturated heterocycles. The van der Waals surface area contributed by atoms with Gasteiger partial charge in [-0.2, -0.15) is 0 Å². The molecule has 1 unspecified atom stereocenters. The van der Waals surface area contributed by atoms with Crippen molar-refractivity contribution in [1.82, 2.24) is 19.5 Å². The summed E-state index contributed by atoms with van der Waals surface area (Å²) in [6.45, 7) is 0. The number of aromatic nitrogens is 4. The van der Waals surface area contributed by atoms with Crippen LogP contribution in [-0.4, -0.2) is 19.5 Å². The van der Waals surface area contributed by atoms with Gasteiger partial charge in [-0.15, -0.1) is 0 Å². The summed E-state index contributed by atoms with van der Waals surface area (Å²) in [6.07, 6.45) is 0. The molecule has 0 radical (unpaired) electrons. The third-order valence-corrected chi connectivity index (χ3v) is 12.3. The zero-order chi connectivity index (χ0) is 39.6. The largest absolute Gasteiger partial charge is 0.309 e. The average Bonchev–Trinajstić information content (AvgIpc) is 3.82. The van der Waals surface area contributed by atoms with Gasteiger partial charge in [-0.1, -0.05) is 176 Å². The van der Waals surface area contributed by atoms with Crippen LogP contribution in [0.5, 0.6) is 0 Å². The van der Waals surface area contributed by atoms with E-state index in [0.717, 1.165) is 44.2 Å². The van der Waals surface area contributed by atoms with Crippen molar-refractivity contribution in [3.63, 3.8) is 0 Å². The SMILES string of the molecule is c1ccc(-c2nc(-c3ccccc3)nc(-c3cccc4c3c3cc(C5(c6ccccc6)c6ccccc6-c6cc7ccccc7cc65)ccc3n4-c3ccccc3)n2)cc1. The molecule has 9 aromatic carbocycles. The van der Waals surface area contributed by atoms with Crippen LogP contribution in [0.2, 0.25) is 0 Å². The highest BCUT2D eigenvalue weighted by Crippen LogP contribution is 2.57. The van der Waals surface area contributed by atoms with Crippen LogP contribution in [0.15, 0.2) is 218 Å². The number of nitrogens with zero attached hydrogens (tertiary/aromatic N) is 4. The van der Waals surface area contributed by atoms with E-state index in [1.807, 2.05) is 36.4 Å². The third kappa shape index (κ3) is 5.14. The highest BCUT2D eigenvalue weighted by atomic mass is 15.0. The topological polar surface area (TPSA) is 43.6 Å². The minimum atomic E-state index is -0.588. The fourth-order valence-corrected chi connectivity index (χ4v) is 9.71. The molecule has 0 aliphatic heterocycles. The van der Waals surface area contributed by atoms with Gasteiger partial charge >= 0.3 is 0 Å². The van der Waals surface area contributed by atoms with Gasteiger partial charge in [0.2, 0.25) is 0 Å². The van der Waals surface area contributed by atoms with Crippen molar-refractivity contribution in [2.24, 2.45) is 0 Å². The predicted octanol–water partition coefficient (Wildman–Crippen LogP) is 13.5. The van der Waals surface area contributed by atoms with Crippen LogP contribution in [0.1, 0.15) is 22.3 Å². The summed E-state index contributed by atoms with van der Waals surface area (Å²) >= 11 is 0. The van der Waals surface area contributed by atoms with Crippen LogP contribution in [-0.2, 0) is 5.41 Å². The molecule has 2 heterocycles. The Morgan fingerprint density at radius 3 is 1.62 bits per heavy atom. The molecular formula is C56H36N4. The summed E-state index contributed by atoms with van der Waals surface area (Å²) in [5, 5.41) is 4.69. The molecule has 1 aliphatic rings. The highest BCUT2D eigenvalue weighted by molar-refractivity contribution is 6.16. The maximum Gasteiger partial charge on any atom is 0.164 e. The van der Waals surface area contributed by atoms with Crippen molar-refractivity contribution < 1.29 is 0 Å². The molecule has 4 nitrogen and oxygen atoms in total. The third-order valence-electron chi connectivity index (χ3n) is 12.3. The lowest BCUT2D eigenvalue weighted by Crippen LogP contribution is -2.28. The molecule has 0 saturated carbocycles. The summed E-state index contributed by atoms with van der Waals surface area (Å²) in [4.78, 5) is 15.6. The lowest BCUT2D eigenvalue weighted by Gasteiger charge is -2.34. The Labute approximate surface area is 347 Å². The molecule has 0 bridgehead atoms. The van der Waals surface area contributed by atoms with Gasteiger partial charge in [0, 0.05) is 33.2 Å². The molecule has 0 fully saturated rings. The Bertz CT molecular complexity index is 3360. The lowest BCUT2D eigenvalue weighted by molar-refractivity contribution is 0.771. The number of fused-ring (bicyclic) bond motifs is 7. The second-order valence-corrected chi connectivity index (χ2v) is 15.5. The van der Waals surface area contributed by atoms with E-state index in [9.17, 15) is 0 Å². The summed E-state index contributed by atoms with van der Waals surface area (Å²) in [6, 6.07) is 78.3. The zero-order valence-electron chi connectivity index (χ0n) is 32.6. The molecule has 12 rings (SSSR count). The second kappa shape index (κ2) is 13.6. The van der Waals surface area contributed by atoms with Gasteiger partial charge in [0.15, 0.2) is 17.5 Å². The van der Waals surface area contributed by atoms with Crippen LogP contribution in [0.25, 0.3) is 83.6 Å². The monoisotopic (exact) mass is 764 g/mol. The van der Waals surface area contributed by atoms with E-state index in [2.05, 4.69) is 187 Å². The van der Waals surface area contributed by atoms with Crippen molar-refractivity contribution >= 4 is 32.6 Å². The first-order valence-electron chi connectivity index (χ1n) is 20.4. The van der Waals surface area contributed by atoms with E-state index >= 15 is 0 Å². The molecule has 0 N–H and O–H groups in total. The molecular weight excluding hydrogens is 729 g/mol. The smallest absolute Gasteiger partial charge is 0.164 e. The standard InChI is InChI=1S/C56H36N4/c1-5-18-37(19-6-1)53-57-54(38-20-7-2-8-21-38)59-55(58-53)45-29-17-31-51-52(45)47-36-42(32-33-50(47)60(51)43-26-11-4-12-27-43)56(41-24-9-3-10-25-41)48-30-16-15-28-44(48)46-34-39-22-13-14-23-40(39)35-49(46)56/h1-36H. The Kier molecular flexibility index (Phi) is 7.72. The van der Waals surface area contributed by atoms with Crippen LogP contribution >= 0.6 is 0 Å². The van der Waals surface area contributed by atoms with Crippen LogP contribution in [0.3, 0.4) is 0 Å². The van der Waals surface area contributed by atoms with Crippen molar-refractivity contribution in [3.05, 3.63) is 241 Å². The minimum absolute atomic E-state index is 0.588. The van der Waals surface area contributed by atoms with Gasteiger partial charge in [0.25, 0.3) is 0 Å². The Hall–Kier alpha value is -7.95. The summed E-state index contributed by atoms with van der Waals surface area (Å²) in [7, 11) is 0. The second-order valence-electron chi connectivity index (χ2n) is 15.5. The molecule has 4 heteroatoms.